The topological polar surface area (TPSA) is 40.2 Å². The molecule has 1 saturated heterocycles. The summed E-state index contributed by atoms with van der Waals surface area (Å²) in [4.78, 5) is 2.51. The summed E-state index contributed by atoms with van der Waals surface area (Å²) in [6.07, 6.45) is 44.8. The highest BCUT2D eigenvalue weighted by atomic mass is 16.6. The molecule has 4 aliphatic carbocycles. The molecule has 5 heteroatoms. The van der Waals surface area contributed by atoms with Gasteiger partial charge in [-0.3, -0.25) is 4.90 Å². The zero-order valence-electron chi connectivity index (χ0n) is 40.0. The molecule has 3 saturated carbocycles. The lowest BCUT2D eigenvalue weighted by Crippen LogP contribution is -2.50. The van der Waals surface area contributed by atoms with E-state index < -0.39 is 0 Å². The molecule has 0 aromatic heterocycles. The monoisotopic (exact) mass is 824 g/mol. The van der Waals surface area contributed by atoms with Crippen LogP contribution < -0.4 is 0 Å². The minimum Gasteiger partial charge on any atom is -0.380 e. The van der Waals surface area contributed by atoms with Crippen LogP contribution in [-0.4, -0.2) is 76.4 Å². The fourth-order valence-corrected chi connectivity index (χ4v) is 13.0. The van der Waals surface area contributed by atoms with E-state index >= 15 is 0 Å². The van der Waals surface area contributed by atoms with E-state index in [-0.39, 0.29) is 6.10 Å². The molecule has 342 valence electrons. The van der Waals surface area contributed by atoms with Gasteiger partial charge in [-0.25, -0.2) is 0 Å². The number of unbranched alkanes of at least 4 members (excludes halogenated alkanes) is 13. The molecule has 4 fully saturated rings. The molecule has 0 N–H and O–H groups in total. The van der Waals surface area contributed by atoms with Crippen molar-refractivity contribution in [2.45, 2.75) is 226 Å². The maximum Gasteiger partial charge on any atom is 0.0936 e. The number of hydrogen-bond acceptors (Lipinski definition) is 5. The van der Waals surface area contributed by atoms with Crippen molar-refractivity contribution >= 4 is 0 Å². The highest BCUT2D eigenvalue weighted by Gasteiger charge is 2.58. The van der Waals surface area contributed by atoms with E-state index in [0.717, 1.165) is 75.1 Å². The predicted octanol–water partition coefficient (Wildman–Crippen LogP) is 14.3. The molecule has 5 nitrogen and oxygen atoms in total. The van der Waals surface area contributed by atoms with Gasteiger partial charge >= 0.3 is 0 Å². The number of methoxy groups -OCH3 is 1. The van der Waals surface area contributed by atoms with Gasteiger partial charge in [-0.05, 0) is 137 Å². The van der Waals surface area contributed by atoms with Crippen molar-refractivity contribution in [3.05, 3.63) is 23.8 Å². The molecule has 5 rings (SSSR count). The van der Waals surface area contributed by atoms with Crippen LogP contribution in [0.1, 0.15) is 208 Å². The number of allylic oxidation sites excluding steroid dienone is 3. The third-order valence-electron chi connectivity index (χ3n) is 16.8. The van der Waals surface area contributed by atoms with Crippen LogP contribution in [0.25, 0.3) is 0 Å². The molecule has 0 spiro atoms. The molecule has 9 atom stereocenters. The van der Waals surface area contributed by atoms with Crippen LogP contribution in [-0.2, 0) is 18.9 Å². The Morgan fingerprint density at radius 3 is 2.24 bits per heavy atom. The Labute approximate surface area is 366 Å². The van der Waals surface area contributed by atoms with Crippen LogP contribution >= 0.6 is 0 Å². The van der Waals surface area contributed by atoms with Gasteiger partial charge in [0.15, 0.2) is 0 Å². The Morgan fingerprint density at radius 2 is 1.51 bits per heavy atom. The predicted molar refractivity (Wildman–Crippen MR) is 250 cm³/mol. The normalized spacial score (nSPS) is 31.5. The van der Waals surface area contributed by atoms with Crippen molar-refractivity contribution in [1.82, 2.24) is 4.90 Å². The molecule has 5 aliphatic rings. The summed E-state index contributed by atoms with van der Waals surface area (Å²) in [5.41, 5.74) is 2.72. The first kappa shape index (κ1) is 49.3. The van der Waals surface area contributed by atoms with Gasteiger partial charge in [0.25, 0.3) is 0 Å². The number of fused-ring (bicyclic) bond motifs is 5. The molecule has 0 bridgehead atoms. The summed E-state index contributed by atoms with van der Waals surface area (Å²) in [7, 11) is 1.85. The number of ether oxygens (including phenoxy) is 4. The van der Waals surface area contributed by atoms with Crippen molar-refractivity contribution < 1.29 is 18.9 Å². The summed E-state index contributed by atoms with van der Waals surface area (Å²) >= 11 is 0. The fourth-order valence-electron chi connectivity index (χ4n) is 13.0. The van der Waals surface area contributed by atoms with Crippen LogP contribution in [0.3, 0.4) is 0 Å². The second kappa shape index (κ2) is 26.8. The lowest BCUT2D eigenvalue weighted by molar-refractivity contribution is -0.0777. The average molecular weight is 824 g/mol. The van der Waals surface area contributed by atoms with Crippen LogP contribution in [0.15, 0.2) is 23.8 Å². The standard InChI is InChI=1S/C54H97NO4/c1-7-8-9-10-11-12-13-14-15-16-17-18-19-20-21-24-37-57-43-49(42-55-36-33-48(41-55)56-6)59-39-38-58-47-31-34-54(5)46(40-47)27-29-50-51-30-28-45(26-23-22-25-44(2)3)53(51,4)35-32-52(50)54/h14-15,27,44-45,47-52H,7-13,16-26,28-43H2,1-6H3/b15-14-/t45-,47-,48?,49?,50-,51-,52-,53+,54-/m0/s1. The molecule has 1 aliphatic heterocycles. The van der Waals surface area contributed by atoms with Gasteiger partial charge in [-0.1, -0.05) is 135 Å². The average Bonchev–Trinajstić information content (AvgIpc) is 3.83. The highest BCUT2D eigenvalue weighted by molar-refractivity contribution is 5.25. The molecule has 0 aromatic rings. The summed E-state index contributed by atoms with van der Waals surface area (Å²) in [5, 5.41) is 0. The number of nitrogens with zero attached hydrogens (tertiary/aromatic N) is 1. The zero-order valence-corrected chi connectivity index (χ0v) is 40.0. The first-order valence-electron chi connectivity index (χ1n) is 26.2. The Bertz CT molecular complexity index is 1180. The van der Waals surface area contributed by atoms with Crippen LogP contribution in [0, 0.1) is 40.4 Å². The molecule has 0 aromatic carbocycles. The van der Waals surface area contributed by atoms with Crippen molar-refractivity contribution in [1.29, 1.82) is 0 Å². The van der Waals surface area contributed by atoms with Gasteiger partial charge in [-0.2, -0.15) is 0 Å². The van der Waals surface area contributed by atoms with Crippen molar-refractivity contribution in [2.75, 3.05) is 53.2 Å². The Morgan fingerprint density at radius 1 is 0.763 bits per heavy atom. The third-order valence-corrected chi connectivity index (χ3v) is 16.8. The molecule has 0 radical (unpaired) electrons. The Balaban J connectivity index is 0.955. The van der Waals surface area contributed by atoms with Gasteiger partial charge in [0.05, 0.1) is 38.1 Å². The Hall–Kier alpha value is -0.720. The maximum atomic E-state index is 6.63. The molecule has 0 amide bonds. The summed E-state index contributed by atoms with van der Waals surface area (Å²) < 4.78 is 25.1. The number of hydrogen-bond donors (Lipinski definition) is 0. The quantitative estimate of drug-likeness (QED) is 0.0514. The summed E-state index contributed by atoms with van der Waals surface area (Å²) in [5.74, 6) is 4.55. The fraction of sp³-hybridized carbons (Fsp3) is 0.926. The maximum absolute atomic E-state index is 6.63. The lowest BCUT2D eigenvalue weighted by atomic mass is 9.47. The van der Waals surface area contributed by atoms with Gasteiger partial charge in [0.1, 0.15) is 0 Å². The zero-order chi connectivity index (χ0) is 41.8. The van der Waals surface area contributed by atoms with Crippen LogP contribution in [0.4, 0.5) is 0 Å². The van der Waals surface area contributed by atoms with Gasteiger partial charge in [0.2, 0.25) is 0 Å². The molecule has 59 heavy (non-hydrogen) atoms. The van der Waals surface area contributed by atoms with Crippen molar-refractivity contribution in [3.63, 3.8) is 0 Å². The molecular formula is C54H97NO4. The second-order valence-electron chi connectivity index (χ2n) is 21.4. The van der Waals surface area contributed by atoms with E-state index in [4.69, 9.17) is 18.9 Å². The van der Waals surface area contributed by atoms with E-state index in [2.05, 4.69) is 57.7 Å². The Kier molecular flexibility index (Phi) is 22.4. The smallest absolute Gasteiger partial charge is 0.0936 e. The van der Waals surface area contributed by atoms with Gasteiger partial charge < -0.3 is 18.9 Å². The van der Waals surface area contributed by atoms with E-state index in [9.17, 15) is 0 Å². The molecule has 2 unspecified atom stereocenters. The van der Waals surface area contributed by atoms with Crippen LogP contribution in [0.5, 0.6) is 0 Å². The third kappa shape index (κ3) is 15.5. The summed E-state index contributed by atoms with van der Waals surface area (Å²) in [6.45, 7) is 18.3. The molecular weight excluding hydrogens is 727 g/mol. The summed E-state index contributed by atoms with van der Waals surface area (Å²) in [6, 6.07) is 0. The lowest BCUT2D eigenvalue weighted by Gasteiger charge is -2.58. The van der Waals surface area contributed by atoms with Crippen molar-refractivity contribution in [2.24, 2.45) is 40.4 Å². The molecule has 1 heterocycles. The SMILES string of the molecule is CCCCCCCC/C=C\CCCCCCCCOCC(CN1CCC(OC)C1)OCCO[C@H]1CC[C@@]2(C)C(=CC[C@H]3[C@@H]4CC[C@H](CCCCC(C)C)[C@@]4(C)CC[C@@H]32)C1. The van der Waals surface area contributed by atoms with E-state index in [1.165, 1.54) is 154 Å². The first-order valence-corrected chi connectivity index (χ1v) is 26.2. The van der Waals surface area contributed by atoms with E-state index in [1.54, 1.807) is 5.57 Å². The number of likely N-dealkylation sites (tertiary alicyclic amines) is 1. The van der Waals surface area contributed by atoms with E-state index in [0.29, 0.717) is 42.9 Å². The largest absolute Gasteiger partial charge is 0.380 e. The first-order chi connectivity index (χ1) is 28.8. The van der Waals surface area contributed by atoms with Crippen LogP contribution in [0.2, 0.25) is 0 Å². The minimum absolute atomic E-state index is 0.0863. The highest BCUT2D eigenvalue weighted by Crippen LogP contribution is 2.66. The van der Waals surface area contributed by atoms with Gasteiger partial charge in [0, 0.05) is 33.4 Å². The van der Waals surface area contributed by atoms with E-state index in [1.807, 2.05) is 7.11 Å². The van der Waals surface area contributed by atoms with Gasteiger partial charge in [-0.15, -0.1) is 0 Å². The second-order valence-corrected chi connectivity index (χ2v) is 21.4. The number of rotatable bonds is 31. The van der Waals surface area contributed by atoms with Crippen molar-refractivity contribution in [3.8, 4) is 0 Å². The minimum atomic E-state index is 0.0863.